The van der Waals surface area contributed by atoms with E-state index in [9.17, 15) is 18.0 Å². The average molecular weight is 417 g/mol. The van der Waals surface area contributed by atoms with Gasteiger partial charge in [0.15, 0.2) is 21.8 Å². The number of nitrogens with zero attached hydrogens (tertiary/aromatic N) is 1. The Morgan fingerprint density at radius 1 is 1.23 bits per heavy atom. The third-order valence-corrected chi connectivity index (χ3v) is 4.81. The fourth-order valence-corrected chi connectivity index (χ4v) is 2.95. The summed E-state index contributed by atoms with van der Waals surface area (Å²) in [5, 5.41) is 2.85. The third-order valence-electron chi connectivity index (χ3n) is 3.20. The highest BCUT2D eigenvalue weighted by molar-refractivity contribution is 7.90. The molecule has 1 N–H and O–H groups in total. The van der Waals surface area contributed by atoms with Crippen molar-refractivity contribution in [2.24, 2.45) is 0 Å². The molecule has 1 atom stereocenters. The van der Waals surface area contributed by atoms with Gasteiger partial charge in [0, 0.05) is 12.5 Å². The number of benzene rings is 1. The maximum absolute atomic E-state index is 12.1. The van der Waals surface area contributed by atoms with E-state index in [1.165, 1.54) is 43.5 Å². The van der Waals surface area contributed by atoms with Crippen molar-refractivity contribution in [2.45, 2.75) is 17.9 Å². The first-order valence-corrected chi connectivity index (χ1v) is 9.85. The number of esters is 1. The van der Waals surface area contributed by atoms with Gasteiger partial charge in [-0.15, -0.1) is 0 Å². The molecule has 1 heterocycles. The summed E-state index contributed by atoms with van der Waals surface area (Å²) in [5.74, 6) is -1.43. The molecule has 0 aliphatic heterocycles. The summed E-state index contributed by atoms with van der Waals surface area (Å²) >= 11 is 11.6. The maximum Gasteiger partial charge on any atom is 0.338 e. The first-order chi connectivity index (χ1) is 12.1. The molecule has 1 aromatic heterocycles. The van der Waals surface area contributed by atoms with Gasteiger partial charge < -0.3 is 10.1 Å². The summed E-state index contributed by atoms with van der Waals surface area (Å²) in [6, 6.07) is 6.74. The number of hydrogen-bond donors (Lipinski definition) is 1. The predicted octanol–water partition coefficient (Wildman–Crippen LogP) is 2.98. The molecule has 0 fully saturated rings. The standard InChI is InChI=1S/C16H14Cl2N2O5S/c1-9(15(21)20-14-13(18)7-11(17)8-19-14)25-16(22)10-4-3-5-12(6-10)26(2,23)24/h3-9H,1-2H3,(H,19,20,21)/t9-/m0/s1. The van der Waals surface area contributed by atoms with E-state index in [0.717, 1.165) is 6.26 Å². The van der Waals surface area contributed by atoms with Crippen molar-refractivity contribution in [3.8, 4) is 0 Å². The normalized spacial score (nSPS) is 12.3. The number of sulfone groups is 1. The maximum atomic E-state index is 12.1. The topological polar surface area (TPSA) is 102 Å². The highest BCUT2D eigenvalue weighted by Gasteiger charge is 2.21. The van der Waals surface area contributed by atoms with Crippen LogP contribution in [-0.4, -0.2) is 37.6 Å². The number of amides is 1. The fraction of sp³-hybridized carbons (Fsp3) is 0.188. The zero-order valence-electron chi connectivity index (χ0n) is 13.7. The van der Waals surface area contributed by atoms with E-state index in [-0.39, 0.29) is 21.3 Å². The number of ether oxygens (including phenoxy) is 1. The molecule has 0 spiro atoms. The second kappa shape index (κ2) is 8.03. The Labute approximate surface area is 160 Å². The van der Waals surface area contributed by atoms with Crippen LogP contribution in [0.1, 0.15) is 17.3 Å². The number of rotatable bonds is 5. The Bertz CT molecular complexity index is 963. The summed E-state index contributed by atoms with van der Waals surface area (Å²) < 4.78 is 28.2. The summed E-state index contributed by atoms with van der Waals surface area (Å²) in [6.07, 6.45) is 1.16. The van der Waals surface area contributed by atoms with Gasteiger partial charge in [-0.1, -0.05) is 29.3 Å². The molecule has 7 nitrogen and oxygen atoms in total. The van der Waals surface area contributed by atoms with E-state index in [4.69, 9.17) is 27.9 Å². The summed E-state index contributed by atoms with van der Waals surface area (Å²) in [4.78, 5) is 28.1. The van der Waals surface area contributed by atoms with Crippen molar-refractivity contribution in [3.05, 3.63) is 52.1 Å². The monoisotopic (exact) mass is 416 g/mol. The Morgan fingerprint density at radius 3 is 2.54 bits per heavy atom. The van der Waals surface area contributed by atoms with Crippen LogP contribution < -0.4 is 5.32 Å². The molecule has 0 aliphatic rings. The predicted molar refractivity (Wildman–Crippen MR) is 97.3 cm³/mol. The average Bonchev–Trinajstić information content (AvgIpc) is 2.56. The van der Waals surface area contributed by atoms with Crippen molar-refractivity contribution >= 4 is 50.7 Å². The van der Waals surface area contributed by atoms with Gasteiger partial charge in [-0.2, -0.15) is 0 Å². The van der Waals surface area contributed by atoms with Crippen molar-refractivity contribution in [3.63, 3.8) is 0 Å². The number of nitrogens with one attached hydrogen (secondary N) is 1. The molecule has 138 valence electrons. The lowest BCUT2D eigenvalue weighted by Gasteiger charge is -2.14. The van der Waals surface area contributed by atoms with Crippen LogP contribution in [0.25, 0.3) is 0 Å². The zero-order valence-corrected chi connectivity index (χ0v) is 16.0. The molecule has 10 heteroatoms. The van der Waals surface area contributed by atoms with Crippen LogP contribution in [0.15, 0.2) is 41.4 Å². The minimum atomic E-state index is -3.47. The quantitative estimate of drug-likeness (QED) is 0.751. The van der Waals surface area contributed by atoms with Gasteiger partial charge in [0.1, 0.15) is 0 Å². The Kier molecular flexibility index (Phi) is 6.22. The number of carbonyl (C=O) groups excluding carboxylic acids is 2. The minimum absolute atomic E-state index is 0.00947. The van der Waals surface area contributed by atoms with E-state index >= 15 is 0 Å². The van der Waals surface area contributed by atoms with Gasteiger partial charge in [0.25, 0.3) is 5.91 Å². The minimum Gasteiger partial charge on any atom is -0.449 e. The van der Waals surface area contributed by atoms with Gasteiger partial charge in [-0.25, -0.2) is 18.2 Å². The van der Waals surface area contributed by atoms with Crippen LogP contribution in [0.3, 0.4) is 0 Å². The lowest BCUT2D eigenvalue weighted by molar-refractivity contribution is -0.123. The van der Waals surface area contributed by atoms with Gasteiger partial charge in [0.05, 0.1) is 20.5 Å². The number of carbonyl (C=O) groups is 2. The molecule has 0 saturated carbocycles. The molecular weight excluding hydrogens is 403 g/mol. The van der Waals surface area contributed by atoms with Crippen LogP contribution in [0.4, 0.5) is 5.82 Å². The number of aromatic nitrogens is 1. The van der Waals surface area contributed by atoms with E-state index in [1.54, 1.807) is 0 Å². The van der Waals surface area contributed by atoms with Crippen molar-refractivity contribution < 1.29 is 22.7 Å². The molecule has 1 amide bonds. The van der Waals surface area contributed by atoms with Gasteiger partial charge in [-0.3, -0.25) is 4.79 Å². The number of halogens is 2. The van der Waals surface area contributed by atoms with Crippen LogP contribution in [0.2, 0.25) is 10.0 Å². The Balaban J connectivity index is 2.08. The Hall–Kier alpha value is -2.16. The molecule has 0 radical (unpaired) electrons. The summed E-state index contributed by atoms with van der Waals surface area (Å²) in [5.41, 5.74) is 0.00947. The van der Waals surface area contributed by atoms with Crippen LogP contribution in [0.5, 0.6) is 0 Å². The zero-order chi connectivity index (χ0) is 19.5. The summed E-state index contributed by atoms with van der Waals surface area (Å²) in [6.45, 7) is 1.36. The molecule has 0 saturated heterocycles. The molecule has 0 bridgehead atoms. The number of hydrogen-bond acceptors (Lipinski definition) is 6. The second-order valence-corrected chi connectivity index (χ2v) is 8.18. The van der Waals surface area contributed by atoms with Crippen molar-refractivity contribution in [1.29, 1.82) is 0 Å². The molecular formula is C16H14Cl2N2O5S. The molecule has 1 aromatic carbocycles. The van der Waals surface area contributed by atoms with Gasteiger partial charge in [0.2, 0.25) is 0 Å². The lowest BCUT2D eigenvalue weighted by atomic mass is 10.2. The number of anilines is 1. The van der Waals surface area contributed by atoms with E-state index in [1.807, 2.05) is 0 Å². The molecule has 2 aromatic rings. The molecule has 0 unspecified atom stereocenters. The molecule has 26 heavy (non-hydrogen) atoms. The van der Waals surface area contributed by atoms with Crippen molar-refractivity contribution in [1.82, 2.24) is 4.98 Å². The summed E-state index contributed by atoms with van der Waals surface area (Å²) in [7, 11) is -3.47. The van der Waals surface area contributed by atoms with Crippen LogP contribution in [0, 0.1) is 0 Å². The largest absolute Gasteiger partial charge is 0.449 e. The van der Waals surface area contributed by atoms with E-state index < -0.39 is 27.8 Å². The number of pyridine rings is 1. The third kappa shape index (κ3) is 5.17. The van der Waals surface area contributed by atoms with Crippen LogP contribution >= 0.6 is 23.2 Å². The molecule has 2 rings (SSSR count). The van der Waals surface area contributed by atoms with Crippen molar-refractivity contribution in [2.75, 3.05) is 11.6 Å². The van der Waals surface area contributed by atoms with Gasteiger partial charge >= 0.3 is 5.97 Å². The molecule has 0 aliphatic carbocycles. The highest BCUT2D eigenvalue weighted by atomic mass is 35.5. The lowest BCUT2D eigenvalue weighted by Crippen LogP contribution is -2.30. The SMILES string of the molecule is C[C@H](OC(=O)c1cccc(S(C)(=O)=O)c1)C(=O)Nc1ncc(Cl)cc1Cl. The Morgan fingerprint density at radius 2 is 1.92 bits per heavy atom. The van der Waals surface area contributed by atoms with Gasteiger partial charge in [-0.05, 0) is 31.2 Å². The second-order valence-electron chi connectivity index (χ2n) is 5.32. The first kappa shape index (κ1) is 20.2. The van der Waals surface area contributed by atoms with E-state index in [0.29, 0.717) is 5.02 Å². The smallest absolute Gasteiger partial charge is 0.338 e. The fourth-order valence-electron chi connectivity index (χ4n) is 1.86. The first-order valence-electron chi connectivity index (χ1n) is 7.21. The highest BCUT2D eigenvalue weighted by Crippen LogP contribution is 2.22. The van der Waals surface area contributed by atoms with E-state index in [2.05, 4.69) is 10.3 Å². The van der Waals surface area contributed by atoms with Crippen LogP contribution in [-0.2, 0) is 19.4 Å².